The van der Waals surface area contributed by atoms with Crippen molar-refractivity contribution in [2.75, 3.05) is 12.9 Å². The number of unbranched alkanes of at least 4 members (excludes halogenated alkanes) is 2. The van der Waals surface area contributed by atoms with E-state index in [0.29, 0.717) is 12.0 Å². The first-order valence-corrected chi connectivity index (χ1v) is 11.5. The van der Waals surface area contributed by atoms with Crippen LogP contribution in [0.15, 0.2) is 29.2 Å². The van der Waals surface area contributed by atoms with Gasteiger partial charge in [-0.1, -0.05) is 55.1 Å². The maximum Gasteiger partial charge on any atom is 0.306 e. The number of esters is 1. The number of nitrogens with one attached hydrogen (secondary N) is 1. The molecule has 2 atom stereocenters. The van der Waals surface area contributed by atoms with E-state index in [0.717, 1.165) is 19.1 Å². The van der Waals surface area contributed by atoms with Gasteiger partial charge in [-0.05, 0) is 24.1 Å². The summed E-state index contributed by atoms with van der Waals surface area (Å²) < 4.78 is 42.3. The lowest BCUT2D eigenvalue weighted by Gasteiger charge is -2.26. The summed E-state index contributed by atoms with van der Waals surface area (Å²) in [5.74, 6) is -1.38. The number of alkyl halides is 3. The summed E-state index contributed by atoms with van der Waals surface area (Å²) in [6.07, 6.45) is 2.41. The van der Waals surface area contributed by atoms with E-state index in [1.54, 1.807) is 0 Å². The number of hydrogen-bond donors (Lipinski definition) is 1. The molecule has 1 rings (SSSR count). The van der Waals surface area contributed by atoms with Crippen LogP contribution < -0.4 is 5.32 Å². The normalized spacial score (nSPS) is 13.8. The first-order valence-electron chi connectivity index (χ1n) is 8.74. The van der Waals surface area contributed by atoms with Crippen LogP contribution >= 0.6 is 23.2 Å². The zero-order chi connectivity index (χ0) is 21.3. The molecule has 0 aromatic heterocycles. The highest BCUT2D eigenvalue weighted by Crippen LogP contribution is 2.25. The summed E-state index contributed by atoms with van der Waals surface area (Å²) in [5.41, 5.74) is 0.333. The second-order valence-electron chi connectivity index (χ2n) is 6.28. The lowest BCUT2D eigenvalue weighted by Crippen LogP contribution is -2.44. The lowest BCUT2D eigenvalue weighted by molar-refractivity contribution is -0.152. The van der Waals surface area contributed by atoms with E-state index in [1.807, 2.05) is 6.92 Å². The Hall–Kier alpha value is -1.38. The van der Waals surface area contributed by atoms with Gasteiger partial charge in [0.15, 0.2) is 14.7 Å². The number of amides is 1. The highest BCUT2D eigenvalue weighted by molar-refractivity contribution is 7.90. The number of benzene rings is 1. The minimum absolute atomic E-state index is 0.0617. The van der Waals surface area contributed by atoms with Crippen LogP contribution in [0.25, 0.3) is 0 Å². The molecule has 0 unspecified atom stereocenters. The Kier molecular flexibility index (Phi) is 10.2. The van der Waals surface area contributed by atoms with Crippen LogP contribution in [0.2, 0.25) is 0 Å². The first-order chi connectivity index (χ1) is 13.1. The SMILES string of the molecule is CCCCCC(=O)O[C@H](c1ccc(S(C)(=O)=O)cc1)[C@@H](CF)NC(=O)C(Cl)Cl. The van der Waals surface area contributed by atoms with Crippen LogP contribution in [0.3, 0.4) is 0 Å². The molecule has 1 amide bonds. The lowest BCUT2D eigenvalue weighted by atomic mass is 10.0. The van der Waals surface area contributed by atoms with Crippen molar-refractivity contribution < 1.29 is 27.1 Å². The Morgan fingerprint density at radius 3 is 2.25 bits per heavy atom. The van der Waals surface area contributed by atoms with E-state index in [-0.39, 0.29) is 11.3 Å². The van der Waals surface area contributed by atoms with E-state index in [2.05, 4.69) is 5.32 Å². The van der Waals surface area contributed by atoms with Crippen molar-refractivity contribution >= 4 is 44.9 Å². The van der Waals surface area contributed by atoms with E-state index >= 15 is 0 Å². The summed E-state index contributed by atoms with van der Waals surface area (Å²) in [6.45, 7) is 0.938. The van der Waals surface area contributed by atoms with Crippen LogP contribution in [0, 0.1) is 0 Å². The van der Waals surface area contributed by atoms with Crippen LogP contribution in [0.4, 0.5) is 4.39 Å². The van der Waals surface area contributed by atoms with Crippen LogP contribution in [-0.2, 0) is 24.2 Å². The van der Waals surface area contributed by atoms with Crippen molar-refractivity contribution in [2.45, 2.75) is 54.5 Å². The summed E-state index contributed by atoms with van der Waals surface area (Å²) in [7, 11) is -3.43. The van der Waals surface area contributed by atoms with Gasteiger partial charge in [0.1, 0.15) is 12.8 Å². The zero-order valence-electron chi connectivity index (χ0n) is 15.7. The third kappa shape index (κ3) is 7.93. The van der Waals surface area contributed by atoms with E-state index in [1.165, 1.54) is 24.3 Å². The number of carbonyl (C=O) groups is 2. The zero-order valence-corrected chi connectivity index (χ0v) is 18.0. The Morgan fingerprint density at radius 1 is 1.18 bits per heavy atom. The largest absolute Gasteiger partial charge is 0.455 e. The number of halogens is 3. The van der Waals surface area contributed by atoms with Gasteiger partial charge in [-0.3, -0.25) is 9.59 Å². The quantitative estimate of drug-likeness (QED) is 0.313. The van der Waals surface area contributed by atoms with Gasteiger partial charge in [-0.15, -0.1) is 0 Å². The molecule has 0 aliphatic carbocycles. The number of sulfone groups is 1. The van der Waals surface area contributed by atoms with Gasteiger partial charge in [0.2, 0.25) is 0 Å². The molecule has 0 saturated carbocycles. The molecule has 1 aromatic carbocycles. The number of hydrogen-bond acceptors (Lipinski definition) is 5. The second kappa shape index (κ2) is 11.6. The van der Waals surface area contributed by atoms with Gasteiger partial charge in [-0.2, -0.15) is 0 Å². The fourth-order valence-electron chi connectivity index (χ4n) is 2.45. The molecule has 10 heteroatoms. The minimum atomic E-state index is -3.43. The van der Waals surface area contributed by atoms with Crippen LogP contribution in [0.5, 0.6) is 0 Å². The van der Waals surface area contributed by atoms with Crippen molar-refractivity contribution in [3.63, 3.8) is 0 Å². The Balaban J connectivity index is 3.11. The van der Waals surface area contributed by atoms with E-state index < -0.39 is 45.4 Å². The third-order valence-corrected chi connectivity index (χ3v) is 5.46. The van der Waals surface area contributed by atoms with Gasteiger partial charge in [-0.25, -0.2) is 12.8 Å². The van der Waals surface area contributed by atoms with Crippen LogP contribution in [-0.4, -0.2) is 44.1 Å². The monoisotopic (exact) mass is 455 g/mol. The summed E-state index contributed by atoms with van der Waals surface area (Å²) >= 11 is 11.0. The van der Waals surface area contributed by atoms with Crippen molar-refractivity contribution in [3.8, 4) is 0 Å². The van der Waals surface area contributed by atoms with Gasteiger partial charge in [0.25, 0.3) is 5.91 Å². The average molecular weight is 456 g/mol. The number of ether oxygens (including phenoxy) is 1. The fourth-order valence-corrected chi connectivity index (χ4v) is 3.20. The molecule has 1 N–H and O–H groups in total. The number of rotatable bonds is 11. The molecule has 0 bridgehead atoms. The van der Waals surface area contributed by atoms with Crippen LogP contribution in [0.1, 0.15) is 44.3 Å². The molecule has 28 heavy (non-hydrogen) atoms. The molecule has 0 aliphatic rings. The molecular weight excluding hydrogens is 432 g/mol. The van der Waals surface area contributed by atoms with Gasteiger partial charge in [0.05, 0.1) is 10.9 Å². The van der Waals surface area contributed by atoms with Crippen molar-refractivity contribution in [1.82, 2.24) is 5.32 Å². The molecule has 0 heterocycles. The molecule has 0 aliphatic heterocycles. The van der Waals surface area contributed by atoms with E-state index in [9.17, 15) is 22.4 Å². The molecule has 1 aromatic rings. The highest BCUT2D eigenvalue weighted by Gasteiger charge is 2.30. The highest BCUT2D eigenvalue weighted by atomic mass is 35.5. The van der Waals surface area contributed by atoms with Crippen molar-refractivity contribution in [1.29, 1.82) is 0 Å². The fraction of sp³-hybridized carbons (Fsp3) is 0.556. The third-order valence-electron chi connectivity index (χ3n) is 3.94. The summed E-state index contributed by atoms with van der Waals surface area (Å²) in [6, 6.07) is 4.24. The Morgan fingerprint density at radius 2 is 1.79 bits per heavy atom. The van der Waals surface area contributed by atoms with Crippen molar-refractivity contribution in [2.24, 2.45) is 0 Å². The van der Waals surface area contributed by atoms with Gasteiger partial charge < -0.3 is 10.1 Å². The predicted octanol–water partition coefficient (Wildman–Crippen LogP) is 3.51. The first kappa shape index (κ1) is 24.7. The summed E-state index contributed by atoms with van der Waals surface area (Å²) in [4.78, 5) is 22.6. The summed E-state index contributed by atoms with van der Waals surface area (Å²) in [5, 5.41) is 2.31. The predicted molar refractivity (Wildman–Crippen MR) is 106 cm³/mol. The molecule has 0 radical (unpaired) electrons. The smallest absolute Gasteiger partial charge is 0.306 e. The molecule has 158 valence electrons. The maximum atomic E-state index is 13.7. The van der Waals surface area contributed by atoms with E-state index in [4.69, 9.17) is 27.9 Å². The maximum absolute atomic E-state index is 13.7. The second-order valence-corrected chi connectivity index (χ2v) is 9.39. The minimum Gasteiger partial charge on any atom is -0.455 e. The Bertz CT molecular complexity index is 756. The topological polar surface area (TPSA) is 89.5 Å². The molecule has 0 fully saturated rings. The molecule has 6 nitrogen and oxygen atoms in total. The molecular formula is C18H24Cl2FNO5S. The average Bonchev–Trinajstić information content (AvgIpc) is 2.63. The van der Waals surface area contributed by atoms with Crippen molar-refractivity contribution in [3.05, 3.63) is 29.8 Å². The molecule has 0 saturated heterocycles. The van der Waals surface area contributed by atoms with Gasteiger partial charge >= 0.3 is 5.97 Å². The standard InChI is InChI=1S/C18H24Cl2FNO5S/c1-3-4-5-6-15(23)27-16(14(11-21)22-18(24)17(19)20)12-7-9-13(10-8-12)28(2,25)26/h7-10,14,16-17H,3-6,11H2,1-2H3,(H,22,24)/t14-,16-/m1/s1. The Labute approximate surface area is 174 Å². The molecule has 0 spiro atoms. The van der Waals surface area contributed by atoms with Gasteiger partial charge in [0, 0.05) is 12.7 Å². The number of carbonyl (C=O) groups excluding carboxylic acids is 2.